The molecule has 2 aliphatic heterocycles. The van der Waals surface area contributed by atoms with Gasteiger partial charge >= 0.3 is 6.09 Å². The maximum Gasteiger partial charge on any atom is 0.410 e. The van der Waals surface area contributed by atoms with Gasteiger partial charge in [0.2, 0.25) is 16.9 Å². The van der Waals surface area contributed by atoms with E-state index in [1.54, 1.807) is 15.5 Å². The SMILES string of the molecule is CSc1nc2nc(C)cc(OCC3CN(C(=O)CN4C(=O)OCC4c4ccccc4)CCO3)n2n1. The minimum Gasteiger partial charge on any atom is -0.475 e. The van der Waals surface area contributed by atoms with Gasteiger partial charge in [0.25, 0.3) is 5.78 Å². The van der Waals surface area contributed by atoms with Gasteiger partial charge in [0.15, 0.2) is 0 Å². The molecule has 0 aliphatic carbocycles. The number of carbonyl (C=O) groups excluding carboxylic acids is 2. The molecule has 184 valence electrons. The van der Waals surface area contributed by atoms with Gasteiger partial charge in [0, 0.05) is 18.3 Å². The molecule has 0 saturated carbocycles. The first-order valence-electron chi connectivity index (χ1n) is 11.3. The quantitative estimate of drug-likeness (QED) is 0.451. The summed E-state index contributed by atoms with van der Waals surface area (Å²) in [5.74, 6) is 0.829. The highest BCUT2D eigenvalue weighted by Crippen LogP contribution is 2.27. The number of aryl methyl sites for hydroxylation is 1. The van der Waals surface area contributed by atoms with Crippen LogP contribution in [-0.2, 0) is 14.3 Å². The Morgan fingerprint density at radius 2 is 2.09 bits per heavy atom. The molecule has 3 aromatic rings. The number of aromatic nitrogens is 4. The van der Waals surface area contributed by atoms with Crippen LogP contribution < -0.4 is 4.74 Å². The molecule has 0 bridgehead atoms. The molecule has 2 aliphatic rings. The summed E-state index contributed by atoms with van der Waals surface area (Å²) in [4.78, 5) is 37.4. The third kappa shape index (κ3) is 5.03. The van der Waals surface area contributed by atoms with E-state index < -0.39 is 6.09 Å². The van der Waals surface area contributed by atoms with Crippen LogP contribution in [0.4, 0.5) is 4.79 Å². The summed E-state index contributed by atoms with van der Waals surface area (Å²) in [6, 6.07) is 11.1. The zero-order valence-electron chi connectivity index (χ0n) is 19.5. The van der Waals surface area contributed by atoms with Crippen LogP contribution in [0, 0.1) is 6.92 Å². The van der Waals surface area contributed by atoms with Gasteiger partial charge in [0.1, 0.15) is 25.9 Å². The zero-order valence-corrected chi connectivity index (χ0v) is 20.3. The number of thioether (sulfide) groups is 1. The number of hydrogen-bond acceptors (Lipinski definition) is 9. The van der Waals surface area contributed by atoms with E-state index >= 15 is 0 Å². The topological polar surface area (TPSA) is 111 Å². The van der Waals surface area contributed by atoms with Crippen molar-refractivity contribution in [1.29, 1.82) is 0 Å². The number of fused-ring (bicyclic) bond motifs is 1. The lowest BCUT2D eigenvalue weighted by Gasteiger charge is -2.34. The minimum atomic E-state index is -0.477. The van der Waals surface area contributed by atoms with Gasteiger partial charge in [-0.05, 0) is 18.7 Å². The molecule has 2 unspecified atom stereocenters. The van der Waals surface area contributed by atoms with Crippen molar-refractivity contribution in [3.8, 4) is 5.88 Å². The zero-order chi connectivity index (χ0) is 24.4. The van der Waals surface area contributed by atoms with E-state index in [1.807, 2.05) is 43.5 Å². The van der Waals surface area contributed by atoms with Gasteiger partial charge in [-0.3, -0.25) is 9.69 Å². The van der Waals surface area contributed by atoms with Crippen LogP contribution in [-0.4, -0.2) is 93.2 Å². The minimum absolute atomic E-state index is 0.0490. The number of cyclic esters (lactones) is 1. The fourth-order valence-electron chi connectivity index (χ4n) is 4.17. The largest absolute Gasteiger partial charge is 0.475 e. The lowest BCUT2D eigenvalue weighted by Crippen LogP contribution is -2.50. The second-order valence-electron chi connectivity index (χ2n) is 8.32. The normalized spacial score (nSPS) is 20.3. The van der Waals surface area contributed by atoms with E-state index in [4.69, 9.17) is 14.2 Å². The van der Waals surface area contributed by atoms with Crippen molar-refractivity contribution in [1.82, 2.24) is 29.4 Å². The molecule has 1 aromatic carbocycles. The first-order chi connectivity index (χ1) is 17.0. The summed E-state index contributed by atoms with van der Waals surface area (Å²) >= 11 is 1.43. The molecule has 4 heterocycles. The standard InChI is InChI=1S/C23H26N6O5S/c1-15-10-20(29-21(24-15)25-22(26-29)35-2)33-13-17-11-27(8-9-32-17)19(30)12-28-18(14-34-23(28)31)16-6-4-3-5-7-16/h3-7,10,17-18H,8-9,11-14H2,1-2H3. The van der Waals surface area contributed by atoms with Crippen LogP contribution in [0.2, 0.25) is 0 Å². The van der Waals surface area contributed by atoms with E-state index in [-0.39, 0.29) is 37.8 Å². The van der Waals surface area contributed by atoms with Gasteiger partial charge in [-0.1, -0.05) is 42.1 Å². The third-order valence-corrected chi connectivity index (χ3v) is 6.48. The highest BCUT2D eigenvalue weighted by atomic mass is 32.2. The first-order valence-corrected chi connectivity index (χ1v) is 12.5. The van der Waals surface area contributed by atoms with Crippen molar-refractivity contribution in [3.05, 3.63) is 47.7 Å². The van der Waals surface area contributed by atoms with E-state index in [2.05, 4.69) is 15.1 Å². The monoisotopic (exact) mass is 498 g/mol. The van der Waals surface area contributed by atoms with E-state index in [1.165, 1.54) is 16.7 Å². The van der Waals surface area contributed by atoms with Gasteiger partial charge < -0.3 is 19.1 Å². The number of benzene rings is 1. The lowest BCUT2D eigenvalue weighted by molar-refractivity contribution is -0.140. The highest BCUT2D eigenvalue weighted by Gasteiger charge is 2.37. The fraction of sp³-hybridized carbons (Fsp3) is 0.435. The van der Waals surface area contributed by atoms with Gasteiger partial charge in [0.05, 0.1) is 19.2 Å². The van der Waals surface area contributed by atoms with Crippen LogP contribution in [0.1, 0.15) is 17.3 Å². The second-order valence-corrected chi connectivity index (χ2v) is 9.09. The average Bonchev–Trinajstić information content (AvgIpc) is 3.46. The highest BCUT2D eigenvalue weighted by molar-refractivity contribution is 7.98. The maximum absolute atomic E-state index is 13.1. The summed E-state index contributed by atoms with van der Waals surface area (Å²) in [6.45, 7) is 3.48. The Morgan fingerprint density at radius 3 is 2.89 bits per heavy atom. The van der Waals surface area contributed by atoms with Crippen molar-refractivity contribution in [2.75, 3.05) is 45.7 Å². The van der Waals surface area contributed by atoms with Crippen molar-refractivity contribution < 1.29 is 23.8 Å². The van der Waals surface area contributed by atoms with Crippen LogP contribution in [0.5, 0.6) is 5.88 Å². The summed E-state index contributed by atoms with van der Waals surface area (Å²) in [7, 11) is 0. The molecular weight excluding hydrogens is 472 g/mol. The Morgan fingerprint density at radius 1 is 1.26 bits per heavy atom. The van der Waals surface area contributed by atoms with Crippen molar-refractivity contribution >= 4 is 29.5 Å². The summed E-state index contributed by atoms with van der Waals surface area (Å²) in [5.41, 5.74) is 1.70. The Balaban J connectivity index is 1.22. The number of morpholine rings is 1. The molecule has 12 heteroatoms. The molecule has 2 atom stereocenters. The third-order valence-electron chi connectivity index (χ3n) is 5.94. The van der Waals surface area contributed by atoms with Crippen LogP contribution >= 0.6 is 11.8 Å². The fourth-order valence-corrected chi connectivity index (χ4v) is 4.51. The Labute approximate surface area is 206 Å². The smallest absolute Gasteiger partial charge is 0.410 e. The van der Waals surface area contributed by atoms with Gasteiger partial charge in [-0.2, -0.15) is 9.50 Å². The predicted molar refractivity (Wildman–Crippen MR) is 126 cm³/mol. The Kier molecular flexibility index (Phi) is 6.73. The van der Waals surface area contributed by atoms with Gasteiger partial charge in [-0.25, -0.2) is 9.78 Å². The predicted octanol–water partition coefficient (Wildman–Crippen LogP) is 1.95. The lowest BCUT2D eigenvalue weighted by atomic mass is 10.1. The number of rotatable bonds is 7. The number of amides is 2. The molecule has 0 radical (unpaired) electrons. The van der Waals surface area contributed by atoms with Crippen molar-refractivity contribution in [3.63, 3.8) is 0 Å². The second kappa shape index (κ2) is 10.1. The van der Waals surface area contributed by atoms with Crippen LogP contribution in [0.15, 0.2) is 41.6 Å². The molecule has 5 rings (SSSR count). The molecule has 2 saturated heterocycles. The van der Waals surface area contributed by atoms with E-state index in [9.17, 15) is 9.59 Å². The Bertz CT molecular complexity index is 1220. The Hall–Kier alpha value is -3.38. The van der Waals surface area contributed by atoms with E-state index in [0.717, 1.165) is 11.3 Å². The van der Waals surface area contributed by atoms with Crippen LogP contribution in [0.3, 0.4) is 0 Å². The summed E-state index contributed by atoms with van der Waals surface area (Å²) in [6.07, 6.45) is 1.10. The van der Waals surface area contributed by atoms with Crippen molar-refractivity contribution in [2.45, 2.75) is 24.2 Å². The molecule has 0 N–H and O–H groups in total. The van der Waals surface area contributed by atoms with Gasteiger partial charge in [-0.15, -0.1) is 5.10 Å². The molecule has 35 heavy (non-hydrogen) atoms. The first kappa shape index (κ1) is 23.4. The average molecular weight is 499 g/mol. The van der Waals surface area contributed by atoms with Crippen molar-refractivity contribution in [2.24, 2.45) is 0 Å². The molecule has 11 nitrogen and oxygen atoms in total. The van der Waals surface area contributed by atoms with E-state index in [0.29, 0.717) is 36.5 Å². The molecule has 0 spiro atoms. The maximum atomic E-state index is 13.1. The molecule has 2 aromatic heterocycles. The number of hydrogen-bond donors (Lipinski definition) is 0. The van der Waals surface area contributed by atoms with Crippen LogP contribution in [0.25, 0.3) is 5.78 Å². The number of ether oxygens (including phenoxy) is 3. The number of carbonyl (C=O) groups is 2. The number of nitrogens with zero attached hydrogens (tertiary/aromatic N) is 6. The molecule has 2 fully saturated rings. The molecular formula is C23H26N6O5S. The summed E-state index contributed by atoms with van der Waals surface area (Å²) in [5, 5.41) is 5.01. The summed E-state index contributed by atoms with van der Waals surface area (Å²) < 4.78 is 18.7. The molecule has 2 amide bonds.